The number of β-amino-alcohol motifs (C(OH)–C–C–N with tert-alkyl or cyclic N) is 1. The molecule has 0 aliphatic carbocycles. The summed E-state index contributed by atoms with van der Waals surface area (Å²) in [5.41, 5.74) is 2.71. The van der Waals surface area contributed by atoms with E-state index in [4.69, 9.17) is 11.6 Å². The van der Waals surface area contributed by atoms with Gasteiger partial charge in [0.2, 0.25) is 5.91 Å². The Balaban J connectivity index is 1.99. The summed E-state index contributed by atoms with van der Waals surface area (Å²) < 4.78 is 0. The van der Waals surface area contributed by atoms with Crippen LogP contribution in [0.2, 0.25) is 5.02 Å². The number of nitrogens with one attached hydrogen (secondary N) is 1. The molecule has 2 rings (SSSR count). The van der Waals surface area contributed by atoms with Gasteiger partial charge in [-0.25, -0.2) is 0 Å². The van der Waals surface area contributed by atoms with Crippen molar-refractivity contribution in [1.82, 2.24) is 4.90 Å². The highest BCUT2D eigenvalue weighted by molar-refractivity contribution is 6.34. The number of rotatable bonds is 3. The van der Waals surface area contributed by atoms with Crippen molar-refractivity contribution in [2.75, 3.05) is 25.0 Å². The highest BCUT2D eigenvalue weighted by Gasteiger charge is 2.22. The number of halogens is 1. The molecule has 0 radical (unpaired) electrons. The Morgan fingerprint density at radius 3 is 2.84 bits per heavy atom. The molecule has 1 atom stereocenters. The number of likely N-dealkylation sites (tertiary alicyclic amines) is 1. The first-order chi connectivity index (χ1) is 8.95. The van der Waals surface area contributed by atoms with Crippen LogP contribution in [-0.2, 0) is 4.79 Å². The molecule has 1 saturated heterocycles. The number of amides is 1. The topological polar surface area (TPSA) is 52.6 Å². The smallest absolute Gasteiger partial charge is 0.238 e. The van der Waals surface area contributed by atoms with Crippen LogP contribution in [0.1, 0.15) is 17.5 Å². The first kappa shape index (κ1) is 14.3. The summed E-state index contributed by atoms with van der Waals surface area (Å²) in [4.78, 5) is 13.9. The molecule has 0 unspecified atom stereocenters. The van der Waals surface area contributed by atoms with Gasteiger partial charge in [-0.15, -0.1) is 0 Å². The quantitative estimate of drug-likeness (QED) is 0.891. The van der Waals surface area contributed by atoms with E-state index in [2.05, 4.69) is 5.32 Å². The number of carbonyl (C=O) groups excluding carboxylic acids is 1. The molecule has 1 amide bonds. The molecule has 0 bridgehead atoms. The Kier molecular flexibility index (Phi) is 4.45. The average molecular weight is 283 g/mol. The Bertz CT molecular complexity index is 467. The lowest BCUT2D eigenvalue weighted by atomic mass is 10.1. The zero-order valence-corrected chi connectivity index (χ0v) is 12.0. The lowest BCUT2D eigenvalue weighted by Gasteiger charge is -2.16. The van der Waals surface area contributed by atoms with Gasteiger partial charge in [-0.05, 0) is 37.5 Å². The van der Waals surface area contributed by atoms with E-state index in [0.717, 1.165) is 24.1 Å². The fraction of sp³-hybridized carbons (Fsp3) is 0.500. The minimum Gasteiger partial charge on any atom is -0.392 e. The maximum atomic E-state index is 12.0. The van der Waals surface area contributed by atoms with Crippen LogP contribution in [-0.4, -0.2) is 41.7 Å². The van der Waals surface area contributed by atoms with Crippen molar-refractivity contribution < 1.29 is 9.90 Å². The van der Waals surface area contributed by atoms with E-state index >= 15 is 0 Å². The first-order valence-corrected chi connectivity index (χ1v) is 6.80. The van der Waals surface area contributed by atoms with Gasteiger partial charge in [-0.1, -0.05) is 17.7 Å². The third-order valence-corrected chi connectivity index (χ3v) is 3.61. The van der Waals surface area contributed by atoms with Crippen molar-refractivity contribution in [2.24, 2.45) is 0 Å². The fourth-order valence-electron chi connectivity index (χ4n) is 2.41. The van der Waals surface area contributed by atoms with Gasteiger partial charge in [-0.3, -0.25) is 9.69 Å². The first-order valence-electron chi connectivity index (χ1n) is 6.42. The van der Waals surface area contributed by atoms with Gasteiger partial charge in [0.05, 0.1) is 23.4 Å². The normalized spacial score (nSPS) is 19.7. The summed E-state index contributed by atoms with van der Waals surface area (Å²) in [6.07, 6.45) is 0.426. The van der Waals surface area contributed by atoms with Crippen LogP contribution in [0.15, 0.2) is 12.1 Å². The molecule has 5 heteroatoms. The predicted molar refractivity (Wildman–Crippen MR) is 76.6 cm³/mol. The van der Waals surface area contributed by atoms with Crippen LogP contribution in [0.25, 0.3) is 0 Å². The average Bonchev–Trinajstić information content (AvgIpc) is 2.69. The van der Waals surface area contributed by atoms with Crippen molar-refractivity contribution in [2.45, 2.75) is 26.4 Å². The van der Waals surface area contributed by atoms with E-state index in [0.29, 0.717) is 23.8 Å². The maximum absolute atomic E-state index is 12.0. The summed E-state index contributed by atoms with van der Waals surface area (Å²) in [5, 5.41) is 12.8. The number of aliphatic hydroxyl groups is 1. The van der Waals surface area contributed by atoms with Crippen LogP contribution in [0, 0.1) is 13.8 Å². The highest BCUT2D eigenvalue weighted by atomic mass is 35.5. The van der Waals surface area contributed by atoms with Crippen LogP contribution >= 0.6 is 11.6 Å². The molecule has 19 heavy (non-hydrogen) atoms. The van der Waals surface area contributed by atoms with E-state index in [1.165, 1.54) is 0 Å². The standard InChI is InChI=1S/C14H19ClN2O2/c1-9-5-10(2)14(12(15)6-9)16-13(19)8-17-4-3-11(18)7-17/h5-6,11,18H,3-4,7-8H2,1-2H3,(H,16,19)/t11-/m1/s1. The van der Waals surface area contributed by atoms with Crippen LogP contribution in [0.4, 0.5) is 5.69 Å². The number of benzene rings is 1. The van der Waals surface area contributed by atoms with Crippen molar-refractivity contribution >= 4 is 23.2 Å². The Hall–Kier alpha value is -1.10. The van der Waals surface area contributed by atoms with Gasteiger partial charge in [0.25, 0.3) is 0 Å². The number of hydrogen-bond acceptors (Lipinski definition) is 3. The van der Waals surface area contributed by atoms with Gasteiger partial charge < -0.3 is 10.4 Å². The highest BCUT2D eigenvalue weighted by Crippen LogP contribution is 2.27. The molecular formula is C14H19ClN2O2. The molecule has 1 fully saturated rings. The third kappa shape index (κ3) is 3.69. The number of aliphatic hydroxyl groups excluding tert-OH is 1. The van der Waals surface area contributed by atoms with Crippen LogP contribution in [0.5, 0.6) is 0 Å². The van der Waals surface area contributed by atoms with Crippen LogP contribution < -0.4 is 5.32 Å². The molecule has 2 N–H and O–H groups in total. The number of nitrogens with zero attached hydrogens (tertiary/aromatic N) is 1. The largest absolute Gasteiger partial charge is 0.392 e. The second-order valence-corrected chi connectivity index (χ2v) is 5.57. The van der Waals surface area contributed by atoms with Crippen LogP contribution in [0.3, 0.4) is 0 Å². The second kappa shape index (κ2) is 5.90. The van der Waals surface area contributed by atoms with Crippen molar-refractivity contribution in [3.63, 3.8) is 0 Å². The summed E-state index contributed by atoms with van der Waals surface area (Å²) in [7, 11) is 0. The van der Waals surface area contributed by atoms with E-state index in [1.54, 1.807) is 0 Å². The number of aryl methyl sites for hydroxylation is 2. The van der Waals surface area contributed by atoms with Gasteiger partial charge >= 0.3 is 0 Å². The molecule has 1 aromatic rings. The minimum absolute atomic E-state index is 0.0945. The molecule has 1 heterocycles. The number of carbonyl (C=O) groups is 1. The second-order valence-electron chi connectivity index (χ2n) is 5.16. The minimum atomic E-state index is -0.308. The molecule has 1 aliphatic rings. The summed E-state index contributed by atoms with van der Waals surface area (Å²) in [6, 6.07) is 3.82. The number of anilines is 1. The predicted octanol–water partition coefficient (Wildman–Crippen LogP) is 1.96. The molecule has 0 saturated carbocycles. The van der Waals surface area contributed by atoms with Crippen molar-refractivity contribution in [3.8, 4) is 0 Å². The van der Waals surface area contributed by atoms with Gasteiger partial charge in [-0.2, -0.15) is 0 Å². The number of hydrogen-bond donors (Lipinski definition) is 2. The lowest BCUT2D eigenvalue weighted by Crippen LogP contribution is -2.32. The third-order valence-electron chi connectivity index (χ3n) is 3.31. The zero-order valence-electron chi connectivity index (χ0n) is 11.2. The molecule has 0 spiro atoms. The lowest BCUT2D eigenvalue weighted by molar-refractivity contribution is -0.117. The Morgan fingerprint density at radius 2 is 2.26 bits per heavy atom. The summed E-state index contributed by atoms with van der Waals surface area (Å²) in [6.45, 7) is 5.51. The van der Waals surface area contributed by atoms with E-state index in [9.17, 15) is 9.90 Å². The summed E-state index contributed by atoms with van der Waals surface area (Å²) in [5.74, 6) is -0.0945. The van der Waals surface area contributed by atoms with Crippen molar-refractivity contribution in [1.29, 1.82) is 0 Å². The summed E-state index contributed by atoms with van der Waals surface area (Å²) >= 11 is 6.15. The monoisotopic (exact) mass is 282 g/mol. The Morgan fingerprint density at radius 1 is 1.53 bits per heavy atom. The van der Waals surface area contributed by atoms with Crippen molar-refractivity contribution in [3.05, 3.63) is 28.3 Å². The van der Waals surface area contributed by atoms with E-state index in [1.807, 2.05) is 30.9 Å². The molecule has 1 aromatic carbocycles. The molecule has 1 aliphatic heterocycles. The molecule has 104 valence electrons. The fourth-order valence-corrected chi connectivity index (χ4v) is 2.78. The van der Waals surface area contributed by atoms with Gasteiger partial charge in [0.15, 0.2) is 0 Å². The van der Waals surface area contributed by atoms with Gasteiger partial charge in [0, 0.05) is 13.1 Å². The van der Waals surface area contributed by atoms with Gasteiger partial charge in [0.1, 0.15) is 0 Å². The maximum Gasteiger partial charge on any atom is 0.238 e. The molecular weight excluding hydrogens is 264 g/mol. The molecule has 0 aromatic heterocycles. The SMILES string of the molecule is Cc1cc(C)c(NC(=O)CN2CC[C@@H](O)C2)c(Cl)c1. The zero-order chi connectivity index (χ0) is 14.0. The Labute approximate surface area is 118 Å². The van der Waals surface area contributed by atoms with E-state index < -0.39 is 0 Å². The molecule has 4 nitrogen and oxygen atoms in total. The van der Waals surface area contributed by atoms with E-state index in [-0.39, 0.29) is 12.0 Å².